The third kappa shape index (κ3) is 3.43. The Morgan fingerprint density at radius 2 is 2.10 bits per heavy atom. The normalized spacial score (nSPS) is 21.7. The largest absolute Gasteiger partial charge is 0.281 e. The summed E-state index contributed by atoms with van der Waals surface area (Å²) in [5.41, 5.74) is 1.31. The van der Waals surface area contributed by atoms with Gasteiger partial charge in [0.15, 0.2) is 5.03 Å². The van der Waals surface area contributed by atoms with Crippen LogP contribution in [0.4, 0.5) is 0 Å². The summed E-state index contributed by atoms with van der Waals surface area (Å²) in [5.74, 6) is 1.34. The number of hydrogen-bond donors (Lipinski definition) is 1. The monoisotopic (exact) mass is 333 g/mol. The molecule has 1 fully saturated rings. The molecule has 0 amide bonds. The van der Waals surface area contributed by atoms with Gasteiger partial charge in [0.25, 0.3) is 10.0 Å². The van der Waals surface area contributed by atoms with Crippen LogP contribution in [0.5, 0.6) is 0 Å². The van der Waals surface area contributed by atoms with E-state index in [-0.39, 0.29) is 10.9 Å². The minimum atomic E-state index is -3.55. The maximum atomic E-state index is 12.8. The fourth-order valence-corrected chi connectivity index (χ4v) is 4.99. The van der Waals surface area contributed by atoms with Crippen LogP contribution >= 0.6 is 11.6 Å². The molecule has 5 nitrogen and oxygen atoms in total. The fourth-order valence-electron chi connectivity index (χ4n) is 2.93. The summed E-state index contributed by atoms with van der Waals surface area (Å²) in [6.07, 6.45) is 2.91. The summed E-state index contributed by atoms with van der Waals surface area (Å²) >= 11 is 5.88. The molecular weight excluding hydrogens is 310 g/mol. The van der Waals surface area contributed by atoms with E-state index in [9.17, 15) is 8.42 Å². The van der Waals surface area contributed by atoms with E-state index in [1.165, 1.54) is 0 Å². The van der Waals surface area contributed by atoms with E-state index in [1.54, 1.807) is 11.2 Å². The van der Waals surface area contributed by atoms with Crippen molar-refractivity contribution < 1.29 is 8.42 Å². The van der Waals surface area contributed by atoms with Gasteiger partial charge in [0.05, 0.1) is 5.88 Å². The van der Waals surface area contributed by atoms with Gasteiger partial charge in [0.2, 0.25) is 0 Å². The summed E-state index contributed by atoms with van der Waals surface area (Å²) in [4.78, 5) is 0. The van der Waals surface area contributed by atoms with E-state index < -0.39 is 10.0 Å². The lowest BCUT2D eigenvalue weighted by atomic mass is 9.89. The molecule has 0 aliphatic carbocycles. The highest BCUT2D eigenvalue weighted by molar-refractivity contribution is 7.89. The van der Waals surface area contributed by atoms with Gasteiger partial charge >= 0.3 is 0 Å². The van der Waals surface area contributed by atoms with Crippen molar-refractivity contribution >= 4 is 21.6 Å². The molecule has 21 heavy (non-hydrogen) atoms. The van der Waals surface area contributed by atoms with Gasteiger partial charge in [0.1, 0.15) is 0 Å². The highest BCUT2D eigenvalue weighted by atomic mass is 35.5. The van der Waals surface area contributed by atoms with Crippen molar-refractivity contribution in [3.63, 3.8) is 0 Å². The zero-order valence-electron chi connectivity index (χ0n) is 12.9. The minimum Gasteiger partial charge on any atom is -0.281 e. The first kappa shape index (κ1) is 16.8. The summed E-state index contributed by atoms with van der Waals surface area (Å²) in [7, 11) is -3.55. The zero-order valence-corrected chi connectivity index (χ0v) is 14.5. The number of rotatable bonds is 4. The predicted octanol–water partition coefficient (Wildman–Crippen LogP) is 2.90. The van der Waals surface area contributed by atoms with E-state index in [1.807, 2.05) is 0 Å². The molecule has 1 saturated heterocycles. The molecule has 0 radical (unpaired) electrons. The Bertz CT molecular complexity index is 583. The van der Waals surface area contributed by atoms with Crippen LogP contribution in [-0.2, 0) is 15.9 Å². The topological polar surface area (TPSA) is 66.1 Å². The highest BCUT2D eigenvalue weighted by Gasteiger charge is 2.32. The molecule has 1 aliphatic heterocycles. The summed E-state index contributed by atoms with van der Waals surface area (Å²) in [5, 5.41) is 6.81. The Morgan fingerprint density at radius 3 is 2.71 bits per heavy atom. The maximum Gasteiger partial charge on any atom is 0.262 e. The van der Waals surface area contributed by atoms with Crippen molar-refractivity contribution in [2.45, 2.75) is 50.9 Å². The molecular formula is C14H24ClN3O2S. The number of alkyl halides is 1. The molecule has 1 aliphatic rings. The van der Waals surface area contributed by atoms with Crippen molar-refractivity contribution in [2.24, 2.45) is 11.8 Å². The molecule has 0 aromatic carbocycles. The molecule has 1 aromatic rings. The molecule has 2 heterocycles. The average Bonchev–Trinajstić information content (AvgIpc) is 2.65. The standard InChI is InChI=1S/C14H24ClN3O2S/c1-10(2)12-5-4-7-18(8-6-12)21(19,20)14-13(9-15)11(3)16-17-14/h10,12H,4-9H2,1-3H3,(H,16,17). The van der Waals surface area contributed by atoms with Gasteiger partial charge in [-0.2, -0.15) is 9.40 Å². The minimum absolute atomic E-state index is 0.0954. The molecule has 120 valence electrons. The SMILES string of the molecule is Cc1[nH]nc(S(=O)(=O)N2CCCC(C(C)C)CC2)c1CCl. The molecule has 0 spiro atoms. The van der Waals surface area contributed by atoms with Crippen LogP contribution in [0.1, 0.15) is 44.4 Å². The van der Waals surface area contributed by atoms with Crippen LogP contribution in [0.2, 0.25) is 0 Å². The lowest BCUT2D eigenvalue weighted by Gasteiger charge is -2.20. The molecule has 2 rings (SSSR count). The van der Waals surface area contributed by atoms with Crippen molar-refractivity contribution in [3.8, 4) is 0 Å². The summed E-state index contributed by atoms with van der Waals surface area (Å²) in [6, 6.07) is 0. The zero-order chi connectivity index (χ0) is 15.6. The maximum absolute atomic E-state index is 12.8. The van der Waals surface area contributed by atoms with Crippen LogP contribution in [0.3, 0.4) is 0 Å². The number of aromatic nitrogens is 2. The van der Waals surface area contributed by atoms with E-state index in [0.717, 1.165) is 25.0 Å². The van der Waals surface area contributed by atoms with E-state index in [4.69, 9.17) is 11.6 Å². The van der Waals surface area contributed by atoms with E-state index in [2.05, 4.69) is 24.0 Å². The smallest absolute Gasteiger partial charge is 0.262 e. The molecule has 1 N–H and O–H groups in total. The Balaban J connectivity index is 2.23. The fraction of sp³-hybridized carbons (Fsp3) is 0.786. The van der Waals surface area contributed by atoms with Crippen molar-refractivity contribution in [1.82, 2.24) is 14.5 Å². The third-order valence-corrected chi connectivity index (χ3v) is 6.57. The van der Waals surface area contributed by atoms with Crippen LogP contribution in [0, 0.1) is 18.8 Å². The quantitative estimate of drug-likeness (QED) is 0.861. The predicted molar refractivity (Wildman–Crippen MR) is 83.8 cm³/mol. The van der Waals surface area contributed by atoms with E-state index >= 15 is 0 Å². The van der Waals surface area contributed by atoms with Gasteiger partial charge in [0, 0.05) is 24.3 Å². The first-order chi connectivity index (χ1) is 9.87. The number of aryl methyl sites for hydroxylation is 1. The second-order valence-electron chi connectivity index (χ2n) is 6.11. The lowest BCUT2D eigenvalue weighted by molar-refractivity contribution is 0.340. The second-order valence-corrected chi connectivity index (χ2v) is 8.23. The van der Waals surface area contributed by atoms with Crippen LogP contribution in [0.25, 0.3) is 0 Å². The van der Waals surface area contributed by atoms with E-state index in [0.29, 0.717) is 30.5 Å². The van der Waals surface area contributed by atoms with Crippen LogP contribution in [-0.4, -0.2) is 36.0 Å². The first-order valence-corrected chi connectivity index (χ1v) is 9.45. The van der Waals surface area contributed by atoms with Crippen molar-refractivity contribution in [2.75, 3.05) is 13.1 Å². The third-order valence-electron chi connectivity index (χ3n) is 4.43. The number of halogens is 1. The lowest BCUT2D eigenvalue weighted by Crippen LogP contribution is -2.33. The van der Waals surface area contributed by atoms with Gasteiger partial charge < -0.3 is 0 Å². The van der Waals surface area contributed by atoms with Crippen LogP contribution < -0.4 is 0 Å². The molecule has 7 heteroatoms. The molecule has 0 bridgehead atoms. The Hall–Kier alpha value is -0.590. The molecule has 1 unspecified atom stereocenters. The average molecular weight is 334 g/mol. The number of nitrogens with one attached hydrogen (secondary N) is 1. The molecule has 0 saturated carbocycles. The number of sulfonamides is 1. The van der Waals surface area contributed by atoms with Crippen LogP contribution in [0.15, 0.2) is 5.03 Å². The number of H-pyrrole nitrogens is 1. The summed E-state index contributed by atoms with van der Waals surface area (Å²) in [6.45, 7) is 7.34. The Kier molecular flexibility index (Phi) is 5.33. The van der Waals surface area contributed by atoms with Gasteiger partial charge in [-0.1, -0.05) is 13.8 Å². The van der Waals surface area contributed by atoms with Crippen molar-refractivity contribution in [3.05, 3.63) is 11.3 Å². The summed E-state index contributed by atoms with van der Waals surface area (Å²) < 4.78 is 27.2. The Labute approximate surface area is 132 Å². The van der Waals surface area contributed by atoms with Crippen molar-refractivity contribution in [1.29, 1.82) is 0 Å². The number of nitrogens with zero attached hydrogens (tertiary/aromatic N) is 2. The second kappa shape index (κ2) is 6.67. The number of aromatic amines is 1. The van der Waals surface area contributed by atoms with Gasteiger partial charge in [-0.05, 0) is 38.0 Å². The van der Waals surface area contributed by atoms with Gasteiger partial charge in [-0.25, -0.2) is 8.42 Å². The first-order valence-electron chi connectivity index (χ1n) is 7.48. The van der Waals surface area contributed by atoms with Gasteiger partial charge in [-0.3, -0.25) is 5.10 Å². The van der Waals surface area contributed by atoms with Gasteiger partial charge in [-0.15, -0.1) is 11.6 Å². The highest BCUT2D eigenvalue weighted by Crippen LogP contribution is 2.28. The molecule has 1 atom stereocenters. The number of hydrogen-bond acceptors (Lipinski definition) is 3. The Morgan fingerprint density at radius 1 is 1.38 bits per heavy atom. The molecule has 1 aromatic heterocycles.